The van der Waals surface area contributed by atoms with Crippen LogP contribution in [0.2, 0.25) is 0 Å². The quantitative estimate of drug-likeness (QED) is 0.792. The van der Waals surface area contributed by atoms with Crippen molar-refractivity contribution in [3.05, 3.63) is 46.4 Å². The summed E-state index contributed by atoms with van der Waals surface area (Å²) in [4.78, 5) is 5.50. The van der Waals surface area contributed by atoms with Crippen molar-refractivity contribution in [1.82, 2.24) is 15.0 Å². The second-order valence-corrected chi connectivity index (χ2v) is 8.05. The van der Waals surface area contributed by atoms with Gasteiger partial charge in [0.15, 0.2) is 0 Å². The number of hydrogen-bond donors (Lipinski definition) is 2. The fourth-order valence-corrected chi connectivity index (χ4v) is 4.70. The van der Waals surface area contributed by atoms with E-state index in [2.05, 4.69) is 26.5 Å². The first-order valence-corrected chi connectivity index (χ1v) is 9.72. The second kappa shape index (κ2) is 6.87. The van der Waals surface area contributed by atoms with Crippen LogP contribution in [0.4, 0.5) is 0 Å². The maximum Gasteiger partial charge on any atom is 0.242 e. The molecule has 5 nitrogen and oxygen atoms in total. The molecule has 2 aromatic rings. The van der Waals surface area contributed by atoms with Crippen LogP contribution in [0.25, 0.3) is 0 Å². The third kappa shape index (κ3) is 3.55. The zero-order chi connectivity index (χ0) is 15.4. The summed E-state index contributed by atoms with van der Waals surface area (Å²) in [5, 5.41) is 5.59. The van der Waals surface area contributed by atoms with Gasteiger partial charge in [-0.3, -0.25) is 4.98 Å². The zero-order valence-electron chi connectivity index (χ0n) is 12.2. The highest BCUT2D eigenvalue weighted by molar-refractivity contribution is 7.89. The molecule has 0 fully saturated rings. The van der Waals surface area contributed by atoms with Crippen LogP contribution < -0.4 is 10.0 Å². The number of nitrogens with one attached hydrogen (secondary N) is 2. The van der Waals surface area contributed by atoms with E-state index >= 15 is 0 Å². The van der Waals surface area contributed by atoms with Gasteiger partial charge in [0, 0.05) is 36.4 Å². The standard InChI is InChI=1S/C15H19N3O2S2/c19-22(20,12-3-2-7-16-11-12)18-9-8-17-14-4-1-5-15-13(14)6-10-21-15/h2-3,6-7,10-11,14,17-18H,1,4-5,8-9H2/t14-/m0/s1. The van der Waals surface area contributed by atoms with Gasteiger partial charge < -0.3 is 5.32 Å². The van der Waals surface area contributed by atoms with Crippen LogP contribution in [-0.4, -0.2) is 26.5 Å². The molecule has 0 saturated carbocycles. The molecule has 0 unspecified atom stereocenters. The molecular weight excluding hydrogens is 318 g/mol. The Morgan fingerprint density at radius 2 is 2.23 bits per heavy atom. The Bertz CT molecular complexity index is 713. The van der Waals surface area contributed by atoms with E-state index in [0.29, 0.717) is 19.1 Å². The molecule has 1 aliphatic rings. The second-order valence-electron chi connectivity index (χ2n) is 5.28. The lowest BCUT2D eigenvalue weighted by atomic mass is 9.94. The van der Waals surface area contributed by atoms with Gasteiger partial charge in [-0.15, -0.1) is 11.3 Å². The summed E-state index contributed by atoms with van der Waals surface area (Å²) < 4.78 is 26.7. The summed E-state index contributed by atoms with van der Waals surface area (Å²) >= 11 is 1.81. The predicted octanol–water partition coefficient (Wildman–Crippen LogP) is 2.09. The average Bonchev–Trinajstić information content (AvgIpc) is 3.02. The normalized spacial score (nSPS) is 18.1. The van der Waals surface area contributed by atoms with Gasteiger partial charge in [0.1, 0.15) is 4.90 Å². The molecule has 7 heteroatoms. The van der Waals surface area contributed by atoms with Crippen molar-refractivity contribution in [2.45, 2.75) is 30.2 Å². The largest absolute Gasteiger partial charge is 0.309 e. The summed E-state index contributed by atoms with van der Waals surface area (Å²) in [5.41, 5.74) is 1.38. The summed E-state index contributed by atoms with van der Waals surface area (Å²) in [6.45, 7) is 0.979. The van der Waals surface area contributed by atoms with Crippen molar-refractivity contribution in [3.63, 3.8) is 0 Å². The van der Waals surface area contributed by atoms with E-state index in [1.807, 2.05) is 11.3 Å². The number of aromatic nitrogens is 1. The van der Waals surface area contributed by atoms with E-state index in [0.717, 1.165) is 6.42 Å². The Labute approximate surface area is 134 Å². The molecule has 0 bridgehead atoms. The smallest absolute Gasteiger partial charge is 0.242 e. The Kier molecular flexibility index (Phi) is 4.87. The first-order valence-electron chi connectivity index (χ1n) is 7.36. The fourth-order valence-electron chi connectivity index (χ4n) is 2.72. The molecule has 0 radical (unpaired) electrons. The summed E-state index contributed by atoms with van der Waals surface area (Å²) in [5.74, 6) is 0. The van der Waals surface area contributed by atoms with Crippen molar-refractivity contribution in [3.8, 4) is 0 Å². The van der Waals surface area contributed by atoms with Crippen molar-refractivity contribution >= 4 is 21.4 Å². The van der Waals surface area contributed by atoms with Crippen molar-refractivity contribution < 1.29 is 8.42 Å². The molecule has 0 spiro atoms. The van der Waals surface area contributed by atoms with Crippen LogP contribution in [0.3, 0.4) is 0 Å². The average molecular weight is 337 g/mol. The molecular formula is C15H19N3O2S2. The molecule has 3 rings (SSSR count). The highest BCUT2D eigenvalue weighted by atomic mass is 32.2. The number of thiophene rings is 1. The summed E-state index contributed by atoms with van der Waals surface area (Å²) in [6, 6.07) is 5.68. The fraction of sp³-hybridized carbons (Fsp3) is 0.400. The van der Waals surface area contributed by atoms with Crippen molar-refractivity contribution in [2.24, 2.45) is 0 Å². The Hall–Kier alpha value is -1.28. The Morgan fingerprint density at radius 3 is 3.05 bits per heavy atom. The minimum absolute atomic E-state index is 0.202. The number of aryl methyl sites for hydroxylation is 1. The molecule has 22 heavy (non-hydrogen) atoms. The first-order chi connectivity index (χ1) is 10.7. The highest BCUT2D eigenvalue weighted by Crippen LogP contribution is 2.32. The Balaban J connectivity index is 1.51. The molecule has 1 atom stereocenters. The molecule has 2 N–H and O–H groups in total. The van der Waals surface area contributed by atoms with E-state index in [9.17, 15) is 8.42 Å². The SMILES string of the molecule is O=S(=O)(NCCN[C@H]1CCCc2sccc21)c1cccnc1. The van der Waals surface area contributed by atoms with Gasteiger partial charge in [0.05, 0.1) is 0 Å². The number of hydrogen-bond acceptors (Lipinski definition) is 5. The van der Waals surface area contributed by atoms with Gasteiger partial charge >= 0.3 is 0 Å². The van der Waals surface area contributed by atoms with Gasteiger partial charge in [0.2, 0.25) is 10.0 Å². The maximum atomic E-state index is 12.1. The minimum atomic E-state index is -3.46. The predicted molar refractivity (Wildman–Crippen MR) is 87.4 cm³/mol. The molecule has 0 aromatic carbocycles. The van der Waals surface area contributed by atoms with Gasteiger partial charge in [-0.25, -0.2) is 13.1 Å². The molecule has 0 amide bonds. The lowest BCUT2D eigenvalue weighted by Gasteiger charge is -2.23. The maximum absolute atomic E-state index is 12.1. The van der Waals surface area contributed by atoms with Gasteiger partial charge in [0.25, 0.3) is 0 Å². The highest BCUT2D eigenvalue weighted by Gasteiger charge is 2.20. The van der Waals surface area contributed by atoms with Crippen LogP contribution in [0.5, 0.6) is 0 Å². The number of sulfonamides is 1. The number of pyridine rings is 1. The number of nitrogens with zero attached hydrogens (tertiary/aromatic N) is 1. The van der Waals surface area contributed by atoms with E-state index in [1.165, 1.54) is 29.5 Å². The van der Waals surface area contributed by atoms with E-state index in [-0.39, 0.29) is 4.90 Å². The lowest BCUT2D eigenvalue weighted by molar-refractivity contribution is 0.465. The van der Waals surface area contributed by atoms with Crippen molar-refractivity contribution in [2.75, 3.05) is 13.1 Å². The van der Waals surface area contributed by atoms with E-state index < -0.39 is 10.0 Å². The number of fused-ring (bicyclic) bond motifs is 1. The monoisotopic (exact) mass is 337 g/mol. The van der Waals surface area contributed by atoms with Gasteiger partial charge in [-0.1, -0.05) is 0 Å². The molecule has 1 aliphatic carbocycles. The van der Waals surface area contributed by atoms with Crippen LogP contribution in [0.1, 0.15) is 29.3 Å². The molecule has 0 saturated heterocycles. The third-order valence-corrected chi connectivity index (χ3v) is 6.25. The van der Waals surface area contributed by atoms with Crippen LogP contribution in [-0.2, 0) is 16.4 Å². The van der Waals surface area contributed by atoms with Crippen LogP contribution in [0, 0.1) is 0 Å². The van der Waals surface area contributed by atoms with Crippen LogP contribution >= 0.6 is 11.3 Å². The van der Waals surface area contributed by atoms with Gasteiger partial charge in [-0.2, -0.15) is 0 Å². The first kappa shape index (κ1) is 15.6. The minimum Gasteiger partial charge on any atom is -0.309 e. The Morgan fingerprint density at radius 1 is 1.32 bits per heavy atom. The van der Waals surface area contributed by atoms with E-state index in [4.69, 9.17) is 0 Å². The van der Waals surface area contributed by atoms with Crippen LogP contribution in [0.15, 0.2) is 40.9 Å². The summed E-state index contributed by atoms with van der Waals surface area (Å²) in [7, 11) is -3.46. The van der Waals surface area contributed by atoms with E-state index in [1.54, 1.807) is 18.3 Å². The zero-order valence-corrected chi connectivity index (χ0v) is 13.8. The third-order valence-electron chi connectivity index (χ3n) is 3.80. The molecule has 2 heterocycles. The van der Waals surface area contributed by atoms with Crippen molar-refractivity contribution in [1.29, 1.82) is 0 Å². The summed E-state index contributed by atoms with van der Waals surface area (Å²) in [6.07, 6.45) is 6.38. The number of rotatable bonds is 6. The van der Waals surface area contributed by atoms with Gasteiger partial charge in [-0.05, 0) is 48.4 Å². The topological polar surface area (TPSA) is 71.1 Å². The molecule has 118 valence electrons. The lowest BCUT2D eigenvalue weighted by Crippen LogP contribution is -2.34. The molecule has 0 aliphatic heterocycles. The molecule has 2 aromatic heterocycles.